The van der Waals surface area contributed by atoms with Crippen LogP contribution in [0.5, 0.6) is 11.8 Å². The molecule has 1 amide bonds. The lowest BCUT2D eigenvalue weighted by molar-refractivity contribution is -0.135. The van der Waals surface area contributed by atoms with Gasteiger partial charge in [-0.2, -0.15) is 0 Å². The van der Waals surface area contributed by atoms with Gasteiger partial charge < -0.3 is 14.4 Å². The molecule has 118 valence electrons. The summed E-state index contributed by atoms with van der Waals surface area (Å²) in [7, 11) is 1.54. The van der Waals surface area contributed by atoms with E-state index in [-0.39, 0.29) is 17.9 Å². The molecule has 1 aromatic rings. The number of aromatic nitrogens is 2. The summed E-state index contributed by atoms with van der Waals surface area (Å²) >= 11 is 0. The molecule has 0 aromatic carbocycles. The van der Waals surface area contributed by atoms with Gasteiger partial charge in [-0.25, -0.2) is 9.97 Å². The maximum atomic E-state index is 12.5. The molecule has 6 heteroatoms. The van der Waals surface area contributed by atoms with Crippen LogP contribution in [-0.2, 0) is 4.79 Å². The van der Waals surface area contributed by atoms with Crippen molar-refractivity contribution in [2.24, 2.45) is 5.92 Å². The van der Waals surface area contributed by atoms with Crippen molar-refractivity contribution in [2.45, 2.75) is 31.8 Å². The second-order valence-electron chi connectivity index (χ2n) is 5.66. The Hall–Kier alpha value is -2.11. The topological polar surface area (TPSA) is 64.6 Å². The van der Waals surface area contributed by atoms with Crippen LogP contribution in [0.4, 0.5) is 0 Å². The van der Waals surface area contributed by atoms with Crippen molar-refractivity contribution < 1.29 is 14.3 Å². The summed E-state index contributed by atoms with van der Waals surface area (Å²) in [6.45, 7) is 1.35. The number of hydrogen-bond acceptors (Lipinski definition) is 5. The first-order valence-electron chi connectivity index (χ1n) is 7.73. The van der Waals surface area contributed by atoms with E-state index in [1.807, 2.05) is 4.90 Å². The molecule has 2 unspecified atom stereocenters. The number of carbonyl (C=O) groups is 1. The highest BCUT2D eigenvalue weighted by atomic mass is 16.5. The Balaban J connectivity index is 1.58. The molecule has 0 N–H and O–H groups in total. The summed E-state index contributed by atoms with van der Waals surface area (Å²) in [6, 6.07) is 0. The number of nitrogens with zero attached hydrogens (tertiary/aromatic N) is 3. The first kappa shape index (κ1) is 14.8. The van der Waals surface area contributed by atoms with Gasteiger partial charge in [0.25, 0.3) is 11.8 Å². The van der Waals surface area contributed by atoms with Gasteiger partial charge in [0.1, 0.15) is 6.10 Å². The minimum absolute atomic E-state index is 0.0475. The third-order valence-corrected chi connectivity index (χ3v) is 4.18. The lowest BCUT2D eigenvalue weighted by Crippen LogP contribution is -2.36. The van der Waals surface area contributed by atoms with Gasteiger partial charge in [-0.1, -0.05) is 12.2 Å². The van der Waals surface area contributed by atoms with Gasteiger partial charge in [-0.15, -0.1) is 0 Å². The first-order valence-corrected chi connectivity index (χ1v) is 7.73. The zero-order valence-electron chi connectivity index (χ0n) is 12.8. The quantitative estimate of drug-likeness (QED) is 0.794. The van der Waals surface area contributed by atoms with Crippen molar-refractivity contribution >= 4 is 5.91 Å². The zero-order chi connectivity index (χ0) is 15.4. The van der Waals surface area contributed by atoms with Crippen LogP contribution in [0.3, 0.4) is 0 Å². The van der Waals surface area contributed by atoms with Crippen molar-refractivity contribution in [3.05, 3.63) is 24.5 Å². The molecular formula is C16H21N3O3. The molecule has 1 aliphatic carbocycles. The van der Waals surface area contributed by atoms with Crippen molar-refractivity contribution in [3.8, 4) is 11.8 Å². The molecule has 2 atom stereocenters. The zero-order valence-corrected chi connectivity index (χ0v) is 12.8. The van der Waals surface area contributed by atoms with Gasteiger partial charge in [-0.3, -0.25) is 4.79 Å². The molecule has 1 aromatic heterocycles. The number of carbonyl (C=O) groups excluding carboxylic acids is 1. The number of allylic oxidation sites excluding steroid dienone is 2. The van der Waals surface area contributed by atoms with Crippen LogP contribution in [0, 0.1) is 5.92 Å². The molecule has 0 bridgehead atoms. The average Bonchev–Trinajstić information content (AvgIpc) is 3.04. The maximum Gasteiger partial charge on any atom is 0.278 e. The van der Waals surface area contributed by atoms with Crippen LogP contribution in [0.15, 0.2) is 24.5 Å². The van der Waals surface area contributed by atoms with Gasteiger partial charge in [0, 0.05) is 31.3 Å². The van der Waals surface area contributed by atoms with E-state index in [1.54, 1.807) is 12.4 Å². The molecule has 3 rings (SSSR count). The lowest BCUT2D eigenvalue weighted by atomic mass is 9.93. The monoisotopic (exact) mass is 303 g/mol. The fourth-order valence-electron chi connectivity index (χ4n) is 2.99. The molecule has 2 heterocycles. The summed E-state index contributed by atoms with van der Waals surface area (Å²) < 4.78 is 11.0. The highest BCUT2D eigenvalue weighted by Gasteiger charge is 2.32. The Morgan fingerprint density at radius 3 is 2.77 bits per heavy atom. The van der Waals surface area contributed by atoms with Gasteiger partial charge in [0.05, 0.1) is 13.7 Å². The summed E-state index contributed by atoms with van der Waals surface area (Å²) in [5, 5.41) is 0. The van der Waals surface area contributed by atoms with Gasteiger partial charge in [-0.05, 0) is 19.3 Å². The van der Waals surface area contributed by atoms with E-state index < -0.39 is 0 Å². The molecule has 1 fully saturated rings. The molecule has 6 nitrogen and oxygen atoms in total. The second-order valence-corrected chi connectivity index (χ2v) is 5.66. The van der Waals surface area contributed by atoms with Crippen molar-refractivity contribution in [1.82, 2.24) is 14.9 Å². The molecule has 2 aliphatic rings. The number of amides is 1. The Bertz CT molecular complexity index is 561. The predicted molar refractivity (Wildman–Crippen MR) is 80.7 cm³/mol. The standard InChI is InChI=1S/C16H21N3O3/c1-21-14-15(18-9-8-17-14)22-13-7-10-19(11-13)16(20)12-5-3-2-4-6-12/h2-3,8-9,12-13H,4-7,10-11H2,1H3. The van der Waals surface area contributed by atoms with E-state index in [4.69, 9.17) is 9.47 Å². The predicted octanol–water partition coefficient (Wildman–Crippen LogP) is 1.82. The normalized spacial score (nSPS) is 24.3. The van der Waals surface area contributed by atoms with Gasteiger partial charge in [0.15, 0.2) is 0 Å². The van der Waals surface area contributed by atoms with E-state index in [0.29, 0.717) is 18.3 Å². The number of hydrogen-bond donors (Lipinski definition) is 0. The lowest BCUT2D eigenvalue weighted by Gasteiger charge is -2.24. The SMILES string of the molecule is COc1nccnc1OC1CCN(C(=O)C2CC=CCC2)C1. The molecule has 0 saturated carbocycles. The van der Waals surface area contributed by atoms with Crippen LogP contribution in [-0.4, -0.2) is 47.1 Å². The third kappa shape index (κ3) is 3.21. The highest BCUT2D eigenvalue weighted by molar-refractivity contribution is 5.79. The third-order valence-electron chi connectivity index (χ3n) is 4.18. The number of ether oxygens (including phenoxy) is 2. The van der Waals surface area contributed by atoms with E-state index in [1.165, 1.54) is 7.11 Å². The Morgan fingerprint density at radius 1 is 1.23 bits per heavy atom. The molecule has 0 spiro atoms. The van der Waals surface area contributed by atoms with Crippen molar-refractivity contribution in [1.29, 1.82) is 0 Å². The fourth-order valence-corrected chi connectivity index (χ4v) is 2.99. The smallest absolute Gasteiger partial charge is 0.278 e. The Morgan fingerprint density at radius 2 is 2.05 bits per heavy atom. The minimum atomic E-state index is -0.0475. The Kier molecular flexibility index (Phi) is 4.56. The number of methoxy groups -OCH3 is 1. The summed E-state index contributed by atoms with van der Waals surface area (Å²) in [6.07, 6.45) is 11.0. The molecule has 1 aliphatic heterocycles. The Labute approximate surface area is 130 Å². The maximum absolute atomic E-state index is 12.5. The van der Waals surface area contributed by atoms with Crippen molar-refractivity contribution in [3.63, 3.8) is 0 Å². The van der Waals surface area contributed by atoms with Crippen LogP contribution in [0.2, 0.25) is 0 Å². The second kappa shape index (κ2) is 6.77. The first-order chi connectivity index (χ1) is 10.8. The number of rotatable bonds is 4. The average molecular weight is 303 g/mol. The summed E-state index contributed by atoms with van der Waals surface area (Å²) in [5.41, 5.74) is 0. The molecular weight excluding hydrogens is 282 g/mol. The molecule has 22 heavy (non-hydrogen) atoms. The van der Waals surface area contributed by atoms with Gasteiger partial charge >= 0.3 is 0 Å². The van der Waals surface area contributed by atoms with Gasteiger partial charge in [0.2, 0.25) is 5.91 Å². The van der Waals surface area contributed by atoms with Crippen molar-refractivity contribution in [2.75, 3.05) is 20.2 Å². The molecule has 1 saturated heterocycles. The summed E-state index contributed by atoms with van der Waals surface area (Å²) in [5.74, 6) is 1.16. The van der Waals surface area contributed by atoms with Crippen LogP contribution < -0.4 is 9.47 Å². The summed E-state index contributed by atoms with van der Waals surface area (Å²) in [4.78, 5) is 22.6. The largest absolute Gasteiger partial charge is 0.477 e. The molecule has 0 radical (unpaired) electrons. The van der Waals surface area contributed by atoms with Crippen LogP contribution in [0.25, 0.3) is 0 Å². The van der Waals surface area contributed by atoms with Crippen LogP contribution >= 0.6 is 0 Å². The number of likely N-dealkylation sites (tertiary alicyclic amines) is 1. The van der Waals surface area contributed by atoms with E-state index >= 15 is 0 Å². The van der Waals surface area contributed by atoms with E-state index in [2.05, 4.69) is 22.1 Å². The van der Waals surface area contributed by atoms with E-state index in [9.17, 15) is 4.79 Å². The van der Waals surface area contributed by atoms with E-state index in [0.717, 1.165) is 32.2 Å². The highest BCUT2D eigenvalue weighted by Crippen LogP contribution is 2.26. The minimum Gasteiger partial charge on any atom is -0.477 e. The van der Waals surface area contributed by atoms with Crippen LogP contribution in [0.1, 0.15) is 25.7 Å². The fraction of sp³-hybridized carbons (Fsp3) is 0.562.